The number of benzene rings is 1. The van der Waals surface area contributed by atoms with Crippen LogP contribution in [0.5, 0.6) is 0 Å². The Morgan fingerprint density at radius 1 is 1.27 bits per heavy atom. The summed E-state index contributed by atoms with van der Waals surface area (Å²) in [4.78, 5) is 14.2. The van der Waals surface area contributed by atoms with Gasteiger partial charge in [-0.2, -0.15) is 5.26 Å². The number of hydrogen-bond donors (Lipinski definition) is 1. The number of carbonyl (C=O) groups is 1. The highest BCUT2D eigenvalue weighted by atomic mass is 16.1. The van der Waals surface area contributed by atoms with Crippen molar-refractivity contribution in [2.75, 3.05) is 19.0 Å². The molecule has 0 aliphatic carbocycles. The second kappa shape index (κ2) is 6.83. The Balaban J connectivity index is 2.68. The van der Waals surface area contributed by atoms with Crippen molar-refractivity contribution in [2.24, 2.45) is 5.41 Å². The molecule has 0 aliphatic heterocycles. The van der Waals surface area contributed by atoms with E-state index in [1.54, 1.807) is 6.92 Å². The lowest BCUT2D eigenvalue weighted by atomic mass is 9.76. The Labute approximate surface area is 134 Å². The van der Waals surface area contributed by atoms with Crippen LogP contribution in [0.4, 0.5) is 5.69 Å². The summed E-state index contributed by atoms with van der Waals surface area (Å²) in [5.74, 6) is -0.0887. The predicted octanol–water partition coefficient (Wildman–Crippen LogP) is 3.13. The first kappa shape index (κ1) is 18.0. The maximum absolute atomic E-state index is 12.2. The van der Waals surface area contributed by atoms with E-state index < -0.39 is 5.54 Å². The summed E-state index contributed by atoms with van der Waals surface area (Å²) < 4.78 is 0. The average molecular weight is 301 g/mol. The van der Waals surface area contributed by atoms with Gasteiger partial charge in [-0.3, -0.25) is 4.79 Å². The third-order valence-corrected chi connectivity index (χ3v) is 4.18. The van der Waals surface area contributed by atoms with E-state index in [2.05, 4.69) is 17.5 Å². The number of carbonyl (C=O) groups excluding carboxylic acids is 1. The molecule has 0 aromatic heterocycles. The molecule has 1 aromatic carbocycles. The van der Waals surface area contributed by atoms with Gasteiger partial charge in [0.15, 0.2) is 0 Å². The van der Waals surface area contributed by atoms with E-state index in [4.69, 9.17) is 0 Å². The summed E-state index contributed by atoms with van der Waals surface area (Å²) in [6.45, 7) is 7.64. The Hall–Kier alpha value is -2.02. The monoisotopic (exact) mass is 301 g/mol. The molecule has 0 spiro atoms. The van der Waals surface area contributed by atoms with Crippen LogP contribution in [0, 0.1) is 16.7 Å². The van der Waals surface area contributed by atoms with E-state index >= 15 is 0 Å². The minimum Gasteiger partial charge on any atom is -0.378 e. The summed E-state index contributed by atoms with van der Waals surface area (Å²) in [5.41, 5.74) is 1.06. The summed E-state index contributed by atoms with van der Waals surface area (Å²) in [6, 6.07) is 10.4. The highest BCUT2D eigenvalue weighted by molar-refractivity contribution is 5.77. The zero-order valence-corrected chi connectivity index (χ0v) is 14.5. The molecule has 4 heteroatoms. The maximum Gasteiger partial charge on any atom is 0.221 e. The molecule has 4 nitrogen and oxygen atoms in total. The van der Waals surface area contributed by atoms with Crippen LogP contribution in [0.25, 0.3) is 0 Å². The molecule has 0 saturated heterocycles. The zero-order chi connectivity index (χ0) is 17.0. The van der Waals surface area contributed by atoms with Gasteiger partial charge in [0, 0.05) is 26.2 Å². The van der Waals surface area contributed by atoms with Crippen LogP contribution >= 0.6 is 0 Å². The number of nitrogens with one attached hydrogen (secondary N) is 1. The molecule has 0 fully saturated rings. The molecule has 120 valence electrons. The number of nitrogens with zero attached hydrogens (tertiary/aromatic N) is 2. The van der Waals surface area contributed by atoms with Gasteiger partial charge in [-0.15, -0.1) is 0 Å². The van der Waals surface area contributed by atoms with E-state index in [1.165, 1.54) is 0 Å². The molecule has 0 radical (unpaired) electrons. The minimum absolute atomic E-state index is 0.0887. The molecule has 1 rings (SSSR count). The third kappa shape index (κ3) is 4.49. The van der Waals surface area contributed by atoms with Crippen molar-refractivity contribution < 1.29 is 4.79 Å². The van der Waals surface area contributed by atoms with Crippen molar-refractivity contribution in [3.8, 4) is 6.07 Å². The molecule has 0 bridgehead atoms. The molecular weight excluding hydrogens is 274 g/mol. The number of nitriles is 1. The van der Waals surface area contributed by atoms with E-state index in [9.17, 15) is 10.1 Å². The summed E-state index contributed by atoms with van der Waals surface area (Å²) in [7, 11) is 3.99. The van der Waals surface area contributed by atoms with Gasteiger partial charge in [0.25, 0.3) is 0 Å². The van der Waals surface area contributed by atoms with Gasteiger partial charge in [-0.1, -0.05) is 32.9 Å². The lowest BCUT2D eigenvalue weighted by molar-refractivity contribution is -0.123. The van der Waals surface area contributed by atoms with E-state index in [-0.39, 0.29) is 11.3 Å². The Morgan fingerprint density at radius 3 is 2.41 bits per heavy atom. The number of aryl methyl sites for hydroxylation is 1. The van der Waals surface area contributed by atoms with Crippen LogP contribution in [0.1, 0.15) is 39.7 Å². The van der Waals surface area contributed by atoms with Gasteiger partial charge in [0.2, 0.25) is 5.91 Å². The summed E-state index contributed by atoms with van der Waals surface area (Å²) >= 11 is 0. The molecule has 1 N–H and O–H groups in total. The quantitative estimate of drug-likeness (QED) is 0.909. The van der Waals surface area contributed by atoms with Crippen LogP contribution in [0.3, 0.4) is 0 Å². The predicted molar refractivity (Wildman–Crippen MR) is 90.7 cm³/mol. The summed E-state index contributed by atoms with van der Waals surface area (Å²) in [6.07, 6.45) is 1.05. The molecule has 1 amide bonds. The Bertz CT molecular complexity index is 566. The van der Waals surface area contributed by atoms with E-state index in [0.29, 0.717) is 12.8 Å². The minimum atomic E-state index is -0.866. The first-order valence-electron chi connectivity index (χ1n) is 7.57. The summed E-state index contributed by atoms with van der Waals surface area (Å²) in [5, 5.41) is 12.3. The first-order valence-corrected chi connectivity index (χ1v) is 7.57. The lowest BCUT2D eigenvalue weighted by Crippen LogP contribution is -2.53. The normalized spacial score (nSPS) is 13.9. The van der Waals surface area contributed by atoms with Crippen LogP contribution in [-0.4, -0.2) is 25.5 Å². The fourth-order valence-electron chi connectivity index (χ4n) is 1.97. The van der Waals surface area contributed by atoms with Crippen LogP contribution in [-0.2, 0) is 11.2 Å². The highest BCUT2D eigenvalue weighted by Crippen LogP contribution is 2.29. The fourth-order valence-corrected chi connectivity index (χ4v) is 1.97. The molecule has 1 atom stereocenters. The SMILES string of the molecule is CN(C)c1cccc(CCC(=O)N[C@](C)(C#N)C(C)(C)C)c1. The van der Waals surface area contributed by atoms with Gasteiger partial charge in [-0.05, 0) is 36.5 Å². The molecule has 0 saturated carbocycles. The smallest absolute Gasteiger partial charge is 0.221 e. The first-order chi connectivity index (χ1) is 10.1. The van der Waals surface area contributed by atoms with Gasteiger partial charge < -0.3 is 10.2 Å². The van der Waals surface area contributed by atoms with E-state index in [0.717, 1.165) is 11.3 Å². The van der Waals surface area contributed by atoms with Crippen molar-refractivity contribution in [1.29, 1.82) is 5.26 Å². The fraction of sp³-hybridized carbons (Fsp3) is 0.556. The molecule has 0 heterocycles. The van der Waals surface area contributed by atoms with Gasteiger partial charge in [0.1, 0.15) is 5.54 Å². The van der Waals surface area contributed by atoms with Gasteiger partial charge in [-0.25, -0.2) is 0 Å². The van der Waals surface area contributed by atoms with Crippen LogP contribution < -0.4 is 10.2 Å². The second-order valence-corrected chi connectivity index (χ2v) is 7.10. The standard InChI is InChI=1S/C18H27N3O/c1-17(2,3)18(4,13-19)20-16(22)11-10-14-8-7-9-15(12-14)21(5)6/h7-9,12H,10-11H2,1-6H3,(H,20,22)/t18-/m1/s1. The zero-order valence-electron chi connectivity index (χ0n) is 14.5. The largest absolute Gasteiger partial charge is 0.378 e. The Morgan fingerprint density at radius 2 is 1.91 bits per heavy atom. The van der Waals surface area contributed by atoms with Crippen molar-refractivity contribution in [1.82, 2.24) is 5.32 Å². The van der Waals surface area contributed by atoms with Crippen molar-refractivity contribution >= 4 is 11.6 Å². The van der Waals surface area contributed by atoms with Crippen molar-refractivity contribution in [3.05, 3.63) is 29.8 Å². The van der Waals surface area contributed by atoms with Gasteiger partial charge >= 0.3 is 0 Å². The van der Waals surface area contributed by atoms with Crippen LogP contribution in [0.2, 0.25) is 0 Å². The number of hydrogen-bond acceptors (Lipinski definition) is 3. The lowest BCUT2D eigenvalue weighted by Gasteiger charge is -2.36. The second-order valence-electron chi connectivity index (χ2n) is 7.10. The topological polar surface area (TPSA) is 56.1 Å². The third-order valence-electron chi connectivity index (χ3n) is 4.18. The number of amides is 1. The average Bonchev–Trinajstić information content (AvgIpc) is 2.44. The molecule has 1 aromatic rings. The van der Waals surface area contributed by atoms with Crippen LogP contribution in [0.15, 0.2) is 24.3 Å². The van der Waals surface area contributed by atoms with Crippen molar-refractivity contribution in [2.45, 2.75) is 46.1 Å². The molecule has 0 unspecified atom stereocenters. The number of anilines is 1. The highest BCUT2D eigenvalue weighted by Gasteiger charge is 2.38. The Kier molecular flexibility index (Phi) is 5.59. The number of rotatable bonds is 5. The van der Waals surface area contributed by atoms with E-state index in [1.807, 2.05) is 58.0 Å². The maximum atomic E-state index is 12.2. The molecule has 22 heavy (non-hydrogen) atoms. The molecule has 0 aliphatic rings. The van der Waals surface area contributed by atoms with Gasteiger partial charge in [0.05, 0.1) is 6.07 Å². The molecular formula is C18H27N3O. The van der Waals surface area contributed by atoms with Crippen molar-refractivity contribution in [3.63, 3.8) is 0 Å².